The van der Waals surface area contributed by atoms with Crippen molar-refractivity contribution in [1.82, 2.24) is 5.48 Å². The second-order valence-electron chi connectivity index (χ2n) is 3.14. The largest absolute Gasteiger partial charge is 0.482 e. The number of benzene rings is 1. The number of carbonyl (C=O) groups is 2. The van der Waals surface area contributed by atoms with Crippen LogP contribution >= 0.6 is 23.2 Å². The van der Waals surface area contributed by atoms with Gasteiger partial charge in [0.2, 0.25) is 5.91 Å². The van der Waals surface area contributed by atoms with E-state index in [9.17, 15) is 9.59 Å². The van der Waals surface area contributed by atoms with Gasteiger partial charge in [0.15, 0.2) is 13.2 Å². The molecule has 1 aromatic carbocycles. The predicted molar refractivity (Wildman–Crippen MR) is 65.2 cm³/mol. The normalized spacial score (nSPS) is 9.89. The van der Waals surface area contributed by atoms with E-state index < -0.39 is 18.4 Å². The summed E-state index contributed by atoms with van der Waals surface area (Å²) in [6, 6.07) is 4.59. The lowest BCUT2D eigenvalue weighted by Gasteiger charge is -2.08. The topological polar surface area (TPSA) is 90.7 Å². The quantitative estimate of drug-likeness (QED) is 0.763. The summed E-state index contributed by atoms with van der Waals surface area (Å²) in [5.74, 6) is -0.967. The van der Waals surface area contributed by atoms with Crippen LogP contribution in [0.3, 0.4) is 0 Å². The molecule has 18 heavy (non-hydrogen) atoms. The molecule has 0 spiro atoms. The highest BCUT2D eigenvalue weighted by Crippen LogP contribution is 2.27. The minimum absolute atomic E-state index is 0.286. The van der Waals surface area contributed by atoms with Gasteiger partial charge in [0.1, 0.15) is 5.75 Å². The molecule has 1 rings (SSSR count). The highest BCUT2D eigenvalue weighted by atomic mass is 35.5. The van der Waals surface area contributed by atoms with Gasteiger partial charge in [-0.15, -0.1) is 0 Å². The second-order valence-corrected chi connectivity index (χ2v) is 3.99. The van der Waals surface area contributed by atoms with Crippen molar-refractivity contribution in [2.45, 2.75) is 0 Å². The Morgan fingerprint density at radius 3 is 2.61 bits per heavy atom. The van der Waals surface area contributed by atoms with E-state index in [4.69, 9.17) is 33.7 Å². The fourth-order valence-corrected chi connectivity index (χ4v) is 1.42. The van der Waals surface area contributed by atoms with Crippen molar-refractivity contribution in [3.05, 3.63) is 28.2 Å². The van der Waals surface area contributed by atoms with Crippen molar-refractivity contribution in [3.63, 3.8) is 0 Å². The molecule has 2 amide bonds. The zero-order valence-electron chi connectivity index (χ0n) is 9.11. The molecule has 0 fully saturated rings. The number of hydroxylamine groups is 1. The molecule has 0 unspecified atom stereocenters. The molecular formula is C10H10Cl2N2O4. The van der Waals surface area contributed by atoms with Crippen LogP contribution in [0.2, 0.25) is 10.0 Å². The van der Waals surface area contributed by atoms with E-state index in [2.05, 4.69) is 4.84 Å². The van der Waals surface area contributed by atoms with Crippen LogP contribution in [0.4, 0.5) is 0 Å². The predicted octanol–water partition coefficient (Wildman–Crippen LogP) is 0.905. The maximum atomic E-state index is 11.2. The standard InChI is InChI=1S/C10H10Cl2N2O4/c11-6-1-2-8(7(12)3-6)17-5-10(16)14-18-4-9(13)15/h1-3H,4-5H2,(H2,13,15)(H,14,16). The zero-order chi connectivity index (χ0) is 13.5. The van der Waals surface area contributed by atoms with Gasteiger partial charge in [-0.05, 0) is 18.2 Å². The van der Waals surface area contributed by atoms with E-state index in [1.807, 2.05) is 5.48 Å². The average molecular weight is 293 g/mol. The molecule has 0 bridgehead atoms. The van der Waals surface area contributed by atoms with E-state index in [0.29, 0.717) is 10.8 Å². The van der Waals surface area contributed by atoms with Crippen LogP contribution in [0.1, 0.15) is 0 Å². The third kappa shape index (κ3) is 5.22. The average Bonchev–Trinajstić information content (AvgIpc) is 2.27. The van der Waals surface area contributed by atoms with Crippen LogP contribution < -0.4 is 16.0 Å². The third-order valence-corrected chi connectivity index (χ3v) is 2.18. The molecule has 0 aromatic heterocycles. The number of hydrogen-bond donors (Lipinski definition) is 2. The van der Waals surface area contributed by atoms with Crippen molar-refractivity contribution in [3.8, 4) is 5.75 Å². The molecule has 8 heteroatoms. The Hall–Kier alpha value is -1.50. The fourth-order valence-electron chi connectivity index (χ4n) is 0.953. The molecule has 0 aliphatic heterocycles. The van der Waals surface area contributed by atoms with Crippen molar-refractivity contribution < 1.29 is 19.2 Å². The van der Waals surface area contributed by atoms with Crippen LogP contribution in [0.15, 0.2) is 18.2 Å². The summed E-state index contributed by atoms with van der Waals surface area (Å²) in [6.07, 6.45) is 0. The Balaban J connectivity index is 2.36. The van der Waals surface area contributed by atoms with Crippen molar-refractivity contribution in [2.75, 3.05) is 13.2 Å². The third-order valence-electron chi connectivity index (χ3n) is 1.65. The van der Waals surface area contributed by atoms with Crippen molar-refractivity contribution in [1.29, 1.82) is 0 Å². The molecule has 98 valence electrons. The SMILES string of the molecule is NC(=O)CONC(=O)COc1ccc(Cl)cc1Cl. The van der Waals surface area contributed by atoms with Crippen LogP contribution in [-0.2, 0) is 14.4 Å². The summed E-state index contributed by atoms with van der Waals surface area (Å²) in [5, 5.41) is 0.745. The summed E-state index contributed by atoms with van der Waals surface area (Å²) in [5.41, 5.74) is 6.78. The highest BCUT2D eigenvalue weighted by molar-refractivity contribution is 6.35. The van der Waals surface area contributed by atoms with E-state index in [-0.39, 0.29) is 11.6 Å². The van der Waals surface area contributed by atoms with Crippen LogP contribution in [-0.4, -0.2) is 25.0 Å². The maximum Gasteiger partial charge on any atom is 0.281 e. The molecule has 6 nitrogen and oxygen atoms in total. The number of rotatable bonds is 6. The van der Waals surface area contributed by atoms with Gasteiger partial charge in [0.25, 0.3) is 5.91 Å². The smallest absolute Gasteiger partial charge is 0.281 e. The summed E-state index contributed by atoms with van der Waals surface area (Å²) >= 11 is 11.5. The first-order chi connectivity index (χ1) is 8.49. The zero-order valence-corrected chi connectivity index (χ0v) is 10.6. The molecule has 0 heterocycles. The molecular weight excluding hydrogens is 283 g/mol. The highest BCUT2D eigenvalue weighted by Gasteiger charge is 2.06. The fraction of sp³-hybridized carbons (Fsp3) is 0.200. The summed E-state index contributed by atoms with van der Waals surface area (Å²) in [6.45, 7) is -0.729. The van der Waals surface area contributed by atoms with Crippen molar-refractivity contribution in [2.24, 2.45) is 5.73 Å². The first kappa shape index (κ1) is 14.6. The van der Waals surface area contributed by atoms with E-state index in [0.717, 1.165) is 0 Å². The van der Waals surface area contributed by atoms with E-state index in [1.165, 1.54) is 12.1 Å². The Labute approximate surface area is 113 Å². The maximum absolute atomic E-state index is 11.2. The Morgan fingerprint density at radius 1 is 1.28 bits per heavy atom. The van der Waals surface area contributed by atoms with Gasteiger partial charge in [-0.1, -0.05) is 23.2 Å². The molecule has 0 atom stereocenters. The first-order valence-corrected chi connectivity index (χ1v) is 5.51. The lowest BCUT2D eigenvalue weighted by Crippen LogP contribution is -2.32. The number of amides is 2. The number of carbonyl (C=O) groups excluding carboxylic acids is 2. The minimum Gasteiger partial charge on any atom is -0.482 e. The van der Waals surface area contributed by atoms with Gasteiger partial charge in [0.05, 0.1) is 5.02 Å². The van der Waals surface area contributed by atoms with Gasteiger partial charge in [0, 0.05) is 5.02 Å². The molecule has 1 aromatic rings. The molecule has 0 saturated carbocycles. The van der Waals surface area contributed by atoms with E-state index >= 15 is 0 Å². The Morgan fingerprint density at radius 2 is 2.00 bits per heavy atom. The molecule has 0 radical (unpaired) electrons. The van der Waals surface area contributed by atoms with Crippen LogP contribution in [0.5, 0.6) is 5.75 Å². The number of nitrogens with one attached hydrogen (secondary N) is 1. The van der Waals surface area contributed by atoms with Gasteiger partial charge in [-0.2, -0.15) is 0 Å². The summed E-state index contributed by atoms with van der Waals surface area (Å²) in [7, 11) is 0. The lowest BCUT2D eigenvalue weighted by atomic mass is 10.3. The van der Waals surface area contributed by atoms with Crippen molar-refractivity contribution >= 4 is 35.0 Å². The number of hydrogen-bond acceptors (Lipinski definition) is 4. The minimum atomic E-state index is -0.697. The number of halogens is 2. The molecule has 0 saturated heterocycles. The van der Waals surface area contributed by atoms with Crippen LogP contribution in [0.25, 0.3) is 0 Å². The first-order valence-electron chi connectivity index (χ1n) is 4.76. The summed E-state index contributed by atoms with van der Waals surface area (Å²) < 4.78 is 5.11. The van der Waals surface area contributed by atoms with Gasteiger partial charge in [-0.3, -0.25) is 14.4 Å². The van der Waals surface area contributed by atoms with Gasteiger partial charge < -0.3 is 10.5 Å². The molecule has 0 aliphatic rings. The molecule has 3 N–H and O–H groups in total. The monoisotopic (exact) mass is 292 g/mol. The van der Waals surface area contributed by atoms with Gasteiger partial charge in [-0.25, -0.2) is 5.48 Å². The second kappa shape index (κ2) is 7.05. The summed E-state index contributed by atoms with van der Waals surface area (Å²) in [4.78, 5) is 26.0. The van der Waals surface area contributed by atoms with E-state index in [1.54, 1.807) is 6.07 Å². The van der Waals surface area contributed by atoms with Gasteiger partial charge >= 0.3 is 0 Å². The number of ether oxygens (including phenoxy) is 1. The Bertz CT molecular complexity index is 454. The lowest BCUT2D eigenvalue weighted by molar-refractivity contribution is -0.139. The number of nitrogens with two attached hydrogens (primary N) is 1. The number of primary amides is 1. The van der Waals surface area contributed by atoms with Crippen LogP contribution in [0, 0.1) is 0 Å². The molecule has 0 aliphatic carbocycles. The Kier molecular flexibility index (Phi) is 5.70.